The molecule has 4 nitrogen and oxygen atoms in total. The molecule has 0 amide bonds. The zero-order valence-corrected chi connectivity index (χ0v) is 7.00. The van der Waals surface area contributed by atoms with E-state index < -0.39 is 5.97 Å². The molecule has 1 aromatic rings. The van der Waals surface area contributed by atoms with Crippen LogP contribution in [-0.4, -0.2) is 22.6 Å². The number of fused-ring (bicyclic) bond motifs is 1. The summed E-state index contributed by atoms with van der Waals surface area (Å²) in [6.07, 6.45) is 5.72. The van der Waals surface area contributed by atoms with Crippen LogP contribution in [0, 0.1) is 0 Å². The fourth-order valence-electron chi connectivity index (χ4n) is 1.46. The molecule has 1 aliphatic rings. The Labute approximate surface area is 75.3 Å². The van der Waals surface area contributed by atoms with Gasteiger partial charge in [0.05, 0.1) is 6.42 Å². The Morgan fingerprint density at radius 3 is 3.23 bits per heavy atom. The summed E-state index contributed by atoms with van der Waals surface area (Å²) in [5.74, 6) is 0.111. The topological polar surface area (TPSA) is 65.1 Å². The Bertz CT molecular complexity index is 366. The first-order valence-electron chi connectivity index (χ1n) is 4.10. The monoisotopic (exact) mass is 178 g/mol. The zero-order chi connectivity index (χ0) is 9.26. The summed E-state index contributed by atoms with van der Waals surface area (Å²) in [7, 11) is 0. The molecule has 0 atom stereocenters. The van der Waals surface area contributed by atoms with E-state index in [0.717, 1.165) is 23.5 Å². The number of anilines is 1. The van der Waals surface area contributed by atoms with E-state index in [4.69, 9.17) is 5.11 Å². The summed E-state index contributed by atoms with van der Waals surface area (Å²) in [5.41, 5.74) is 1.79. The van der Waals surface area contributed by atoms with Crippen molar-refractivity contribution in [3.8, 4) is 0 Å². The molecule has 13 heavy (non-hydrogen) atoms. The quantitative estimate of drug-likeness (QED) is 0.635. The van der Waals surface area contributed by atoms with Crippen LogP contribution in [0.2, 0.25) is 0 Å². The Balaban J connectivity index is 2.33. The first-order chi connectivity index (χ1) is 6.27. The average Bonchev–Trinajstić information content (AvgIpc) is 2.48. The minimum atomic E-state index is -0.805. The van der Waals surface area contributed by atoms with Crippen LogP contribution in [0.15, 0.2) is 12.3 Å². The summed E-state index contributed by atoms with van der Waals surface area (Å²) in [6.45, 7) is 0.792. The number of carbonyl (C=O) groups is 1. The molecular formula is C9H10N2O2. The van der Waals surface area contributed by atoms with Gasteiger partial charge in [0.1, 0.15) is 5.82 Å². The lowest BCUT2D eigenvalue weighted by Gasteiger charge is -2.08. The first kappa shape index (κ1) is 7.91. The number of nitrogens with one attached hydrogen (secondary N) is 2. The van der Waals surface area contributed by atoms with Gasteiger partial charge in [0.2, 0.25) is 0 Å². The second-order valence-electron chi connectivity index (χ2n) is 2.96. The number of H-pyrrole nitrogens is 1. The van der Waals surface area contributed by atoms with Crippen molar-refractivity contribution in [2.45, 2.75) is 6.42 Å². The zero-order valence-electron chi connectivity index (χ0n) is 7.00. The summed E-state index contributed by atoms with van der Waals surface area (Å²) < 4.78 is 0. The molecule has 2 rings (SSSR count). The van der Waals surface area contributed by atoms with Gasteiger partial charge in [-0.25, -0.2) is 0 Å². The van der Waals surface area contributed by atoms with Crippen molar-refractivity contribution in [2.75, 3.05) is 11.9 Å². The highest BCUT2D eigenvalue weighted by Crippen LogP contribution is 2.23. The van der Waals surface area contributed by atoms with E-state index >= 15 is 0 Å². The third-order valence-electron chi connectivity index (χ3n) is 2.03. The van der Waals surface area contributed by atoms with Crippen LogP contribution in [0.5, 0.6) is 0 Å². The van der Waals surface area contributed by atoms with Gasteiger partial charge in [0.15, 0.2) is 0 Å². The van der Waals surface area contributed by atoms with Crippen molar-refractivity contribution in [3.63, 3.8) is 0 Å². The predicted molar refractivity (Wildman–Crippen MR) is 49.7 cm³/mol. The number of aromatic nitrogens is 1. The average molecular weight is 178 g/mol. The molecule has 4 heteroatoms. The maximum Gasteiger partial charge on any atom is 0.307 e. The van der Waals surface area contributed by atoms with E-state index in [9.17, 15) is 4.79 Å². The minimum absolute atomic E-state index is 0.0673. The Morgan fingerprint density at radius 2 is 2.46 bits per heavy atom. The second-order valence-corrected chi connectivity index (χ2v) is 2.96. The Hall–Kier alpha value is -1.71. The SMILES string of the molecule is O=C(O)Cc1c[nH]c2c1C=CCN2. The number of hydrogen-bond donors (Lipinski definition) is 3. The van der Waals surface area contributed by atoms with E-state index in [2.05, 4.69) is 10.3 Å². The van der Waals surface area contributed by atoms with Crippen LogP contribution < -0.4 is 5.32 Å². The van der Waals surface area contributed by atoms with E-state index in [0.29, 0.717) is 0 Å². The molecule has 1 aromatic heterocycles. The Kier molecular flexibility index (Phi) is 1.81. The molecule has 0 aliphatic carbocycles. The molecular weight excluding hydrogens is 168 g/mol. The van der Waals surface area contributed by atoms with Crippen LogP contribution in [-0.2, 0) is 11.2 Å². The van der Waals surface area contributed by atoms with E-state index in [1.807, 2.05) is 12.2 Å². The van der Waals surface area contributed by atoms with Gasteiger partial charge < -0.3 is 15.4 Å². The maximum absolute atomic E-state index is 10.5. The molecule has 0 spiro atoms. The van der Waals surface area contributed by atoms with Crippen LogP contribution in [0.4, 0.5) is 5.82 Å². The highest BCUT2D eigenvalue weighted by atomic mass is 16.4. The fourth-order valence-corrected chi connectivity index (χ4v) is 1.46. The molecule has 68 valence electrons. The normalized spacial score (nSPS) is 13.5. The lowest BCUT2D eigenvalue weighted by atomic mass is 10.1. The van der Waals surface area contributed by atoms with E-state index in [1.165, 1.54) is 0 Å². The standard InChI is InChI=1S/C9H10N2O2/c12-8(13)4-6-5-11-9-7(6)2-1-3-10-9/h1-2,5,10-11H,3-4H2,(H,12,13). The van der Waals surface area contributed by atoms with Gasteiger partial charge in [-0.05, 0) is 5.56 Å². The highest BCUT2D eigenvalue weighted by Gasteiger charge is 2.12. The van der Waals surface area contributed by atoms with Gasteiger partial charge >= 0.3 is 5.97 Å². The van der Waals surface area contributed by atoms with Crippen molar-refractivity contribution < 1.29 is 9.90 Å². The van der Waals surface area contributed by atoms with Crippen LogP contribution in [0.25, 0.3) is 6.08 Å². The molecule has 0 radical (unpaired) electrons. The first-order valence-corrected chi connectivity index (χ1v) is 4.10. The van der Waals surface area contributed by atoms with Gasteiger partial charge in [-0.3, -0.25) is 4.79 Å². The summed E-state index contributed by atoms with van der Waals surface area (Å²) >= 11 is 0. The molecule has 0 fully saturated rings. The van der Waals surface area contributed by atoms with Gasteiger partial charge in [-0.15, -0.1) is 0 Å². The number of hydrogen-bond acceptors (Lipinski definition) is 2. The number of carboxylic acids is 1. The van der Waals surface area contributed by atoms with Crippen molar-refractivity contribution >= 4 is 17.9 Å². The van der Waals surface area contributed by atoms with Crippen LogP contribution >= 0.6 is 0 Å². The largest absolute Gasteiger partial charge is 0.481 e. The molecule has 2 heterocycles. The highest BCUT2D eigenvalue weighted by molar-refractivity contribution is 5.77. The lowest BCUT2D eigenvalue weighted by Crippen LogP contribution is -2.05. The van der Waals surface area contributed by atoms with Crippen LogP contribution in [0.1, 0.15) is 11.1 Å². The maximum atomic E-state index is 10.5. The minimum Gasteiger partial charge on any atom is -0.481 e. The third kappa shape index (κ3) is 1.42. The van der Waals surface area contributed by atoms with E-state index in [1.54, 1.807) is 6.20 Å². The number of aromatic amines is 1. The molecule has 3 N–H and O–H groups in total. The van der Waals surface area contributed by atoms with E-state index in [-0.39, 0.29) is 6.42 Å². The smallest absolute Gasteiger partial charge is 0.307 e. The molecule has 0 unspecified atom stereocenters. The summed E-state index contributed by atoms with van der Waals surface area (Å²) in [5, 5.41) is 11.7. The van der Waals surface area contributed by atoms with Gasteiger partial charge in [0, 0.05) is 18.3 Å². The number of carboxylic acid groups (broad SMARTS) is 1. The number of aliphatic carboxylic acids is 1. The van der Waals surface area contributed by atoms with Crippen molar-refractivity contribution in [3.05, 3.63) is 23.4 Å². The van der Waals surface area contributed by atoms with Crippen LogP contribution in [0.3, 0.4) is 0 Å². The van der Waals surface area contributed by atoms with Gasteiger partial charge in [0.25, 0.3) is 0 Å². The lowest BCUT2D eigenvalue weighted by molar-refractivity contribution is -0.136. The van der Waals surface area contributed by atoms with Crippen molar-refractivity contribution in [1.29, 1.82) is 0 Å². The predicted octanol–water partition coefficient (Wildman–Crippen LogP) is 1.08. The van der Waals surface area contributed by atoms with Crippen molar-refractivity contribution in [2.24, 2.45) is 0 Å². The fraction of sp³-hybridized carbons (Fsp3) is 0.222. The molecule has 0 saturated heterocycles. The second kappa shape index (κ2) is 2.97. The molecule has 0 bridgehead atoms. The summed E-state index contributed by atoms with van der Waals surface area (Å²) in [6, 6.07) is 0. The Morgan fingerprint density at radius 1 is 1.62 bits per heavy atom. The van der Waals surface area contributed by atoms with Gasteiger partial charge in [-0.2, -0.15) is 0 Å². The summed E-state index contributed by atoms with van der Waals surface area (Å²) in [4.78, 5) is 13.5. The molecule has 1 aliphatic heterocycles. The number of rotatable bonds is 2. The molecule has 0 aromatic carbocycles. The third-order valence-corrected chi connectivity index (χ3v) is 2.03. The van der Waals surface area contributed by atoms with Crippen molar-refractivity contribution in [1.82, 2.24) is 4.98 Å². The van der Waals surface area contributed by atoms with Gasteiger partial charge in [-0.1, -0.05) is 12.2 Å². The molecule has 0 saturated carbocycles.